The first-order chi connectivity index (χ1) is 7.18. The number of aliphatic imine (C=N–C) groups is 1. The van der Waals surface area contributed by atoms with Gasteiger partial charge in [-0.15, -0.1) is 11.3 Å². The van der Waals surface area contributed by atoms with Crippen molar-refractivity contribution < 1.29 is 0 Å². The molecular weight excluding hydrogens is 204 g/mol. The lowest BCUT2D eigenvalue weighted by atomic mass is 9.94. The minimum Gasteiger partial charge on any atom is -0.387 e. The van der Waals surface area contributed by atoms with Crippen molar-refractivity contribution in [3.8, 4) is 0 Å². The van der Waals surface area contributed by atoms with E-state index in [1.165, 1.54) is 23.3 Å². The Balaban J connectivity index is 2.23. The molecule has 2 nitrogen and oxygen atoms in total. The predicted molar refractivity (Wildman–Crippen MR) is 66.5 cm³/mol. The number of nitrogens with zero attached hydrogens (tertiary/aromatic N) is 1. The number of aryl methyl sites for hydroxylation is 1. The highest BCUT2D eigenvalue weighted by atomic mass is 32.1. The summed E-state index contributed by atoms with van der Waals surface area (Å²) < 4.78 is 0. The van der Waals surface area contributed by atoms with E-state index in [2.05, 4.69) is 30.3 Å². The summed E-state index contributed by atoms with van der Waals surface area (Å²) in [4.78, 5) is 6.16. The topological polar surface area (TPSA) is 38.4 Å². The molecule has 1 aromatic heterocycles. The summed E-state index contributed by atoms with van der Waals surface area (Å²) in [6.45, 7) is 4.19. The highest BCUT2D eigenvalue weighted by molar-refractivity contribution is 7.10. The number of nitrogens with two attached hydrogens (primary N) is 1. The molecule has 1 heterocycles. The van der Waals surface area contributed by atoms with Crippen molar-refractivity contribution in [3.05, 3.63) is 21.9 Å². The van der Waals surface area contributed by atoms with Crippen molar-refractivity contribution in [2.45, 2.75) is 39.2 Å². The molecule has 82 valence electrons. The lowest BCUT2D eigenvalue weighted by Crippen LogP contribution is -2.21. The number of hydrogen-bond acceptors (Lipinski definition) is 2. The summed E-state index contributed by atoms with van der Waals surface area (Å²) in [5.74, 6) is 1.15. The number of fused-ring (bicyclic) bond motifs is 1. The predicted octanol–water partition coefficient (Wildman–Crippen LogP) is 3.14. The molecule has 1 aliphatic rings. The molecule has 3 heteroatoms. The van der Waals surface area contributed by atoms with Crippen LogP contribution in [0.1, 0.15) is 43.2 Å². The van der Waals surface area contributed by atoms with Gasteiger partial charge in [0.15, 0.2) is 0 Å². The molecular formula is C12H18N2S. The molecule has 1 unspecified atom stereocenters. The zero-order chi connectivity index (χ0) is 10.8. The Hall–Kier alpha value is -0.830. The molecule has 0 bridgehead atoms. The Morgan fingerprint density at radius 1 is 1.60 bits per heavy atom. The van der Waals surface area contributed by atoms with E-state index >= 15 is 0 Å². The van der Waals surface area contributed by atoms with E-state index in [-0.39, 0.29) is 0 Å². The fourth-order valence-electron chi connectivity index (χ4n) is 1.93. The van der Waals surface area contributed by atoms with Crippen molar-refractivity contribution >= 4 is 17.2 Å². The third-order valence-electron chi connectivity index (χ3n) is 2.92. The zero-order valence-electron chi connectivity index (χ0n) is 9.36. The lowest BCUT2D eigenvalue weighted by molar-refractivity contribution is 0.575. The normalized spacial score (nSPS) is 21.8. The third-order valence-corrected chi connectivity index (χ3v) is 3.91. The number of amidine groups is 1. The fourth-order valence-corrected chi connectivity index (χ4v) is 2.91. The van der Waals surface area contributed by atoms with Gasteiger partial charge >= 0.3 is 0 Å². The van der Waals surface area contributed by atoms with Gasteiger partial charge in [-0.05, 0) is 36.3 Å². The van der Waals surface area contributed by atoms with Crippen LogP contribution in [0.15, 0.2) is 16.4 Å². The molecule has 0 fully saturated rings. The number of thiophene rings is 1. The standard InChI is InChI=1S/C12H18N2S/c1-8(2)12(13)14-10-4-3-5-11-9(10)6-7-15-11/h6-8,10H,3-5H2,1-2H3,(H2,13,14). The van der Waals surface area contributed by atoms with Crippen LogP contribution in [0.4, 0.5) is 0 Å². The maximum Gasteiger partial charge on any atom is 0.0970 e. The van der Waals surface area contributed by atoms with Crippen LogP contribution in [0.2, 0.25) is 0 Å². The molecule has 0 saturated carbocycles. The van der Waals surface area contributed by atoms with E-state index in [4.69, 9.17) is 5.73 Å². The van der Waals surface area contributed by atoms with Crippen molar-refractivity contribution in [3.63, 3.8) is 0 Å². The van der Waals surface area contributed by atoms with E-state index in [1.807, 2.05) is 11.3 Å². The van der Waals surface area contributed by atoms with E-state index in [0.29, 0.717) is 12.0 Å². The monoisotopic (exact) mass is 222 g/mol. The van der Waals surface area contributed by atoms with Gasteiger partial charge in [-0.2, -0.15) is 0 Å². The average molecular weight is 222 g/mol. The Bertz CT molecular complexity index is 365. The summed E-state index contributed by atoms with van der Waals surface area (Å²) in [6, 6.07) is 2.53. The number of hydrogen-bond donors (Lipinski definition) is 1. The molecule has 2 N–H and O–H groups in total. The molecule has 0 spiro atoms. The second-order valence-electron chi connectivity index (χ2n) is 4.42. The van der Waals surface area contributed by atoms with E-state index in [9.17, 15) is 0 Å². The van der Waals surface area contributed by atoms with Crippen LogP contribution < -0.4 is 5.73 Å². The molecule has 1 aliphatic carbocycles. The van der Waals surface area contributed by atoms with E-state index < -0.39 is 0 Å². The zero-order valence-corrected chi connectivity index (χ0v) is 10.2. The second-order valence-corrected chi connectivity index (χ2v) is 5.42. The largest absolute Gasteiger partial charge is 0.387 e. The first-order valence-electron chi connectivity index (χ1n) is 5.58. The third kappa shape index (κ3) is 2.23. The molecule has 0 saturated heterocycles. The van der Waals surface area contributed by atoms with Crippen LogP contribution >= 0.6 is 11.3 Å². The van der Waals surface area contributed by atoms with Gasteiger partial charge in [0, 0.05) is 10.8 Å². The van der Waals surface area contributed by atoms with Crippen LogP contribution in [0.3, 0.4) is 0 Å². The van der Waals surface area contributed by atoms with Gasteiger partial charge in [0.1, 0.15) is 0 Å². The maximum absolute atomic E-state index is 5.93. The summed E-state index contributed by atoms with van der Waals surface area (Å²) >= 11 is 1.85. The molecule has 0 amide bonds. The minimum absolute atomic E-state index is 0.322. The van der Waals surface area contributed by atoms with Crippen LogP contribution in [-0.2, 0) is 6.42 Å². The Kier molecular flexibility index (Phi) is 3.10. The van der Waals surface area contributed by atoms with E-state index in [1.54, 1.807) is 0 Å². The van der Waals surface area contributed by atoms with Crippen molar-refractivity contribution in [2.24, 2.45) is 16.6 Å². The highest BCUT2D eigenvalue weighted by Crippen LogP contribution is 2.35. The number of rotatable bonds is 2. The molecule has 0 aliphatic heterocycles. The molecule has 1 aromatic rings. The maximum atomic E-state index is 5.93. The van der Waals surface area contributed by atoms with Gasteiger partial charge < -0.3 is 5.73 Å². The molecule has 0 radical (unpaired) electrons. The van der Waals surface area contributed by atoms with Gasteiger partial charge in [0.2, 0.25) is 0 Å². The second kappa shape index (κ2) is 4.35. The summed E-state index contributed by atoms with van der Waals surface area (Å²) in [5, 5.41) is 2.17. The molecule has 2 rings (SSSR count). The van der Waals surface area contributed by atoms with Crippen LogP contribution in [0, 0.1) is 5.92 Å². The molecule has 15 heavy (non-hydrogen) atoms. The molecule has 1 atom stereocenters. The van der Waals surface area contributed by atoms with Gasteiger partial charge in [0.05, 0.1) is 11.9 Å². The van der Waals surface area contributed by atoms with Gasteiger partial charge in [0.25, 0.3) is 0 Å². The van der Waals surface area contributed by atoms with Gasteiger partial charge in [-0.25, -0.2) is 0 Å². The fraction of sp³-hybridized carbons (Fsp3) is 0.583. The van der Waals surface area contributed by atoms with Crippen LogP contribution in [0.25, 0.3) is 0 Å². The Morgan fingerprint density at radius 3 is 3.13 bits per heavy atom. The first-order valence-corrected chi connectivity index (χ1v) is 6.46. The van der Waals surface area contributed by atoms with Crippen molar-refractivity contribution in [1.82, 2.24) is 0 Å². The Labute approximate surface area is 95.2 Å². The molecule has 0 aromatic carbocycles. The first kappa shape index (κ1) is 10.7. The van der Waals surface area contributed by atoms with Crippen LogP contribution in [-0.4, -0.2) is 5.84 Å². The summed E-state index contributed by atoms with van der Waals surface area (Å²) in [6.07, 6.45) is 3.62. The average Bonchev–Trinajstić information content (AvgIpc) is 2.66. The highest BCUT2D eigenvalue weighted by Gasteiger charge is 2.20. The summed E-state index contributed by atoms with van der Waals surface area (Å²) in [7, 11) is 0. The van der Waals surface area contributed by atoms with Gasteiger partial charge in [-0.1, -0.05) is 13.8 Å². The van der Waals surface area contributed by atoms with E-state index in [0.717, 1.165) is 12.3 Å². The van der Waals surface area contributed by atoms with Crippen molar-refractivity contribution in [2.75, 3.05) is 0 Å². The Morgan fingerprint density at radius 2 is 2.40 bits per heavy atom. The lowest BCUT2D eigenvalue weighted by Gasteiger charge is -2.20. The van der Waals surface area contributed by atoms with Crippen molar-refractivity contribution in [1.29, 1.82) is 0 Å². The minimum atomic E-state index is 0.322. The van der Waals surface area contributed by atoms with Gasteiger partial charge in [-0.3, -0.25) is 4.99 Å². The smallest absolute Gasteiger partial charge is 0.0970 e. The van der Waals surface area contributed by atoms with Crippen LogP contribution in [0.5, 0.6) is 0 Å². The quantitative estimate of drug-likeness (QED) is 0.606. The summed E-state index contributed by atoms with van der Waals surface area (Å²) in [5.41, 5.74) is 7.34. The SMILES string of the molecule is CC(C)C(N)=NC1CCCc2sccc21.